The minimum Gasteiger partial charge on any atom is -0.478 e. The Hall–Kier alpha value is -1.41. The van der Waals surface area contributed by atoms with Gasteiger partial charge in [-0.3, -0.25) is 4.79 Å². The van der Waals surface area contributed by atoms with Gasteiger partial charge in [-0.2, -0.15) is 0 Å². The molecule has 0 bridgehead atoms. The molecule has 0 saturated carbocycles. The number of benzene rings is 2. The van der Waals surface area contributed by atoms with Gasteiger partial charge in [0.1, 0.15) is 0 Å². The van der Waals surface area contributed by atoms with Crippen molar-refractivity contribution < 1.29 is 14.7 Å². The van der Waals surface area contributed by atoms with Crippen molar-refractivity contribution in [3.8, 4) is 0 Å². The lowest BCUT2D eigenvalue weighted by atomic mass is 10.1. The lowest BCUT2D eigenvalue weighted by Crippen LogP contribution is -2.14. The van der Waals surface area contributed by atoms with Crippen molar-refractivity contribution >= 4 is 56.1 Å². The van der Waals surface area contributed by atoms with Crippen LogP contribution in [0.5, 0.6) is 0 Å². The minimum atomic E-state index is -1.09. The molecule has 2 aromatic rings. The number of carboxylic acids is 1. The summed E-state index contributed by atoms with van der Waals surface area (Å²) in [5.41, 5.74) is 0.791. The summed E-state index contributed by atoms with van der Waals surface area (Å²) in [5.74, 6) is -1.43. The summed E-state index contributed by atoms with van der Waals surface area (Å²) in [7, 11) is 0. The molecule has 0 radical (unpaired) electrons. The molecule has 0 saturated heterocycles. The predicted octanol–water partition coefficient (Wildman–Crippen LogP) is 4.00. The fourth-order valence-electron chi connectivity index (χ4n) is 1.63. The normalized spacial score (nSPS) is 10.1. The molecule has 4 nitrogen and oxygen atoms in total. The van der Waals surface area contributed by atoms with Crippen LogP contribution in [0.15, 0.2) is 46.9 Å². The fraction of sp³-hybridized carbons (Fsp3) is 0. The average molecular weight is 446 g/mol. The first-order valence-electron chi connectivity index (χ1n) is 5.57. The van der Waals surface area contributed by atoms with Crippen LogP contribution in [0.1, 0.15) is 20.7 Å². The number of nitrogens with one attached hydrogen (secondary N) is 1. The molecule has 0 aliphatic rings. The van der Waals surface area contributed by atoms with Crippen LogP contribution in [0.25, 0.3) is 0 Å². The van der Waals surface area contributed by atoms with Gasteiger partial charge in [-0.15, -0.1) is 0 Å². The van der Waals surface area contributed by atoms with E-state index in [-0.39, 0.29) is 17.2 Å². The van der Waals surface area contributed by atoms with Gasteiger partial charge in [0.25, 0.3) is 5.91 Å². The molecule has 0 aliphatic carbocycles. The van der Waals surface area contributed by atoms with E-state index >= 15 is 0 Å². The van der Waals surface area contributed by atoms with E-state index < -0.39 is 5.97 Å². The summed E-state index contributed by atoms with van der Waals surface area (Å²) < 4.78 is 1.58. The Kier molecular flexibility index (Phi) is 4.77. The number of hydrogen-bond acceptors (Lipinski definition) is 2. The van der Waals surface area contributed by atoms with Crippen LogP contribution in [0.4, 0.5) is 5.69 Å². The second kappa shape index (κ2) is 6.36. The molecule has 0 atom stereocenters. The van der Waals surface area contributed by atoms with E-state index in [9.17, 15) is 9.59 Å². The maximum atomic E-state index is 12.1. The molecule has 0 heterocycles. The zero-order valence-corrected chi connectivity index (χ0v) is 13.8. The molecule has 0 unspecified atom stereocenters. The lowest BCUT2D eigenvalue weighted by molar-refractivity contribution is 0.0698. The van der Waals surface area contributed by atoms with E-state index in [4.69, 9.17) is 5.11 Å². The van der Waals surface area contributed by atoms with Gasteiger partial charge < -0.3 is 10.4 Å². The summed E-state index contributed by atoms with van der Waals surface area (Å²) >= 11 is 5.32. The third kappa shape index (κ3) is 3.57. The molecular formula is C14H9BrINO3. The zero-order valence-electron chi connectivity index (χ0n) is 10.1. The number of carboxylic acid groups (broad SMARTS) is 1. The van der Waals surface area contributed by atoms with Crippen LogP contribution in [-0.2, 0) is 0 Å². The third-order valence-corrected chi connectivity index (χ3v) is 3.71. The van der Waals surface area contributed by atoms with Gasteiger partial charge in [-0.05, 0) is 59.0 Å². The molecule has 20 heavy (non-hydrogen) atoms. The Bertz CT molecular complexity index is 688. The van der Waals surface area contributed by atoms with Gasteiger partial charge in [-0.1, -0.05) is 22.0 Å². The molecule has 2 N–H and O–H groups in total. The quantitative estimate of drug-likeness (QED) is 0.701. The molecule has 0 aliphatic heterocycles. The zero-order chi connectivity index (χ0) is 14.7. The van der Waals surface area contributed by atoms with Crippen molar-refractivity contribution in [2.75, 3.05) is 5.32 Å². The molecule has 2 aromatic carbocycles. The minimum absolute atomic E-state index is 0.0401. The Morgan fingerprint density at radius 3 is 2.55 bits per heavy atom. The summed E-state index contributed by atoms with van der Waals surface area (Å²) in [6.07, 6.45) is 0. The molecule has 0 spiro atoms. The first kappa shape index (κ1) is 15.0. The Labute approximate surface area is 137 Å². The maximum Gasteiger partial charge on any atom is 0.337 e. The van der Waals surface area contributed by atoms with Gasteiger partial charge in [0.05, 0.1) is 11.3 Å². The van der Waals surface area contributed by atoms with Crippen molar-refractivity contribution in [3.05, 3.63) is 61.6 Å². The number of aromatic carboxylic acids is 1. The number of carbonyl (C=O) groups excluding carboxylic acids is 1. The highest BCUT2D eigenvalue weighted by atomic mass is 127. The molecular weight excluding hydrogens is 437 g/mol. The van der Waals surface area contributed by atoms with Gasteiger partial charge in [0, 0.05) is 13.6 Å². The van der Waals surface area contributed by atoms with Crippen molar-refractivity contribution in [3.63, 3.8) is 0 Å². The lowest BCUT2D eigenvalue weighted by Gasteiger charge is -2.09. The molecule has 6 heteroatoms. The monoisotopic (exact) mass is 445 g/mol. The molecule has 1 amide bonds. The fourth-order valence-corrected chi connectivity index (χ4v) is 2.53. The van der Waals surface area contributed by atoms with Crippen molar-refractivity contribution in [2.45, 2.75) is 0 Å². The maximum absolute atomic E-state index is 12.1. The van der Waals surface area contributed by atoms with E-state index in [1.165, 1.54) is 6.07 Å². The van der Waals surface area contributed by atoms with Crippen LogP contribution in [0, 0.1) is 3.57 Å². The highest BCUT2D eigenvalue weighted by Gasteiger charge is 2.14. The topological polar surface area (TPSA) is 66.4 Å². The summed E-state index contributed by atoms with van der Waals surface area (Å²) in [4.78, 5) is 23.3. The molecule has 102 valence electrons. The molecule has 2 rings (SSSR count). The molecule has 0 fully saturated rings. The van der Waals surface area contributed by atoms with Crippen LogP contribution >= 0.6 is 38.5 Å². The smallest absolute Gasteiger partial charge is 0.337 e. The van der Waals surface area contributed by atoms with Crippen molar-refractivity contribution in [1.82, 2.24) is 0 Å². The first-order valence-corrected chi connectivity index (χ1v) is 7.44. The standard InChI is InChI=1S/C14H9BrINO3/c15-9-4-5-12(11(7-9)14(19)20)17-13(18)8-2-1-3-10(16)6-8/h1-7H,(H,17,18)(H,19,20). The van der Waals surface area contributed by atoms with Crippen LogP contribution < -0.4 is 5.32 Å². The first-order chi connectivity index (χ1) is 9.47. The van der Waals surface area contributed by atoms with E-state index in [2.05, 4.69) is 43.8 Å². The van der Waals surface area contributed by atoms with Crippen LogP contribution in [0.3, 0.4) is 0 Å². The van der Waals surface area contributed by atoms with Gasteiger partial charge in [-0.25, -0.2) is 4.79 Å². The highest BCUT2D eigenvalue weighted by molar-refractivity contribution is 14.1. The number of carbonyl (C=O) groups is 2. The Balaban J connectivity index is 2.30. The Morgan fingerprint density at radius 2 is 1.90 bits per heavy atom. The second-order valence-corrected chi connectivity index (χ2v) is 6.12. The number of hydrogen-bond donors (Lipinski definition) is 2. The van der Waals surface area contributed by atoms with Crippen molar-refractivity contribution in [1.29, 1.82) is 0 Å². The Morgan fingerprint density at radius 1 is 1.15 bits per heavy atom. The van der Waals surface area contributed by atoms with Gasteiger partial charge >= 0.3 is 5.97 Å². The van der Waals surface area contributed by atoms with E-state index in [0.29, 0.717) is 10.0 Å². The highest BCUT2D eigenvalue weighted by Crippen LogP contribution is 2.22. The number of rotatable bonds is 3. The predicted molar refractivity (Wildman–Crippen MR) is 88.2 cm³/mol. The number of halogens is 2. The summed E-state index contributed by atoms with van der Waals surface area (Å²) in [5, 5.41) is 11.8. The van der Waals surface area contributed by atoms with E-state index in [1.54, 1.807) is 30.3 Å². The second-order valence-electron chi connectivity index (χ2n) is 3.96. The number of amides is 1. The molecule has 0 aromatic heterocycles. The largest absolute Gasteiger partial charge is 0.478 e. The SMILES string of the molecule is O=C(Nc1ccc(Br)cc1C(=O)O)c1cccc(I)c1. The average Bonchev–Trinajstić information content (AvgIpc) is 2.40. The van der Waals surface area contributed by atoms with Gasteiger partial charge in [0.2, 0.25) is 0 Å². The summed E-state index contributed by atoms with van der Waals surface area (Å²) in [6, 6.07) is 11.7. The summed E-state index contributed by atoms with van der Waals surface area (Å²) in [6.45, 7) is 0. The van der Waals surface area contributed by atoms with Crippen LogP contribution in [0.2, 0.25) is 0 Å². The van der Waals surface area contributed by atoms with Gasteiger partial charge in [0.15, 0.2) is 0 Å². The van der Waals surface area contributed by atoms with E-state index in [1.807, 2.05) is 6.07 Å². The van der Waals surface area contributed by atoms with Crippen LogP contribution in [-0.4, -0.2) is 17.0 Å². The van der Waals surface area contributed by atoms with E-state index in [0.717, 1.165) is 3.57 Å². The third-order valence-electron chi connectivity index (χ3n) is 2.55. The number of anilines is 1. The van der Waals surface area contributed by atoms with Crippen molar-refractivity contribution in [2.24, 2.45) is 0 Å².